The van der Waals surface area contributed by atoms with Gasteiger partial charge in [-0.1, -0.05) is 0 Å². The van der Waals surface area contributed by atoms with E-state index < -0.39 is 0 Å². The van der Waals surface area contributed by atoms with E-state index in [1.54, 1.807) is 0 Å². The van der Waals surface area contributed by atoms with Gasteiger partial charge in [0.15, 0.2) is 5.65 Å². The number of nitrogens with zero attached hydrogens (tertiary/aromatic N) is 4. The maximum absolute atomic E-state index is 13.4. The van der Waals surface area contributed by atoms with Crippen LogP contribution < -0.4 is 5.73 Å². The average molecular weight is 355 g/mol. The first-order valence-electron chi connectivity index (χ1n) is 9.71. The summed E-state index contributed by atoms with van der Waals surface area (Å²) in [5, 5.41) is 5.64. The fourth-order valence-corrected chi connectivity index (χ4v) is 3.90. The number of aryl methyl sites for hydroxylation is 1. The number of carbonyl (C=O) groups is 1. The van der Waals surface area contributed by atoms with Crippen LogP contribution in [0.1, 0.15) is 74.1 Å². The fourth-order valence-electron chi connectivity index (χ4n) is 3.90. The van der Waals surface area contributed by atoms with E-state index >= 15 is 0 Å². The van der Waals surface area contributed by atoms with Crippen LogP contribution in [0.25, 0.3) is 11.0 Å². The molecule has 1 atom stereocenters. The molecule has 2 fully saturated rings. The highest BCUT2D eigenvalue weighted by Crippen LogP contribution is 2.41. The largest absolute Gasteiger partial charge is 0.337 e. The van der Waals surface area contributed by atoms with Crippen molar-refractivity contribution in [3.63, 3.8) is 0 Å². The summed E-state index contributed by atoms with van der Waals surface area (Å²) < 4.78 is 1.97. The molecular weight excluding hydrogens is 326 g/mol. The predicted molar refractivity (Wildman–Crippen MR) is 102 cm³/mol. The van der Waals surface area contributed by atoms with Crippen molar-refractivity contribution < 1.29 is 4.79 Å². The highest BCUT2D eigenvalue weighted by molar-refractivity contribution is 6.06. The summed E-state index contributed by atoms with van der Waals surface area (Å²) in [4.78, 5) is 20.2. The molecule has 6 nitrogen and oxygen atoms in total. The smallest absolute Gasteiger partial charge is 0.254 e. The van der Waals surface area contributed by atoms with Crippen molar-refractivity contribution in [2.45, 2.75) is 70.9 Å². The minimum atomic E-state index is -0.185. The molecule has 1 amide bonds. The third kappa shape index (κ3) is 3.00. The quantitative estimate of drug-likeness (QED) is 0.898. The summed E-state index contributed by atoms with van der Waals surface area (Å²) in [6.07, 6.45) is 4.27. The Balaban J connectivity index is 1.87. The van der Waals surface area contributed by atoms with E-state index in [2.05, 4.69) is 20.8 Å². The predicted octanol–water partition coefficient (Wildman–Crippen LogP) is 2.94. The monoisotopic (exact) mass is 355 g/mol. The number of amides is 1. The summed E-state index contributed by atoms with van der Waals surface area (Å²) in [7, 11) is 0. The Hall–Kier alpha value is -1.95. The van der Waals surface area contributed by atoms with Crippen LogP contribution in [-0.2, 0) is 5.54 Å². The summed E-state index contributed by atoms with van der Waals surface area (Å²) in [6, 6.07) is 2.09. The molecular formula is C20H29N5O. The second kappa shape index (κ2) is 6.05. The highest BCUT2D eigenvalue weighted by Gasteiger charge is 2.32. The van der Waals surface area contributed by atoms with Crippen LogP contribution in [0.2, 0.25) is 0 Å². The first kappa shape index (κ1) is 17.5. The molecule has 6 heteroatoms. The number of hydrogen-bond donors (Lipinski definition) is 1. The number of rotatable bonds is 2. The number of likely N-dealkylation sites (tertiary alicyclic amines) is 1. The summed E-state index contributed by atoms with van der Waals surface area (Å²) in [5.41, 5.74) is 9.42. The van der Waals surface area contributed by atoms with Gasteiger partial charge in [-0.25, -0.2) is 9.67 Å². The fraction of sp³-hybridized carbons (Fsp3) is 0.650. The minimum absolute atomic E-state index is 0.0750. The molecule has 0 spiro atoms. The standard InChI is InChI=1S/C20H29N5O/c1-12-17-15(19(26)24-9-5-6-14(21)11-24)10-16(13-7-8-13)22-18(17)25(23-12)20(2,3)4/h10,13-14H,5-9,11,21H2,1-4H3. The van der Waals surface area contributed by atoms with Gasteiger partial charge < -0.3 is 10.6 Å². The molecule has 0 bridgehead atoms. The third-order valence-electron chi connectivity index (χ3n) is 5.44. The average Bonchev–Trinajstić information content (AvgIpc) is 3.37. The van der Waals surface area contributed by atoms with E-state index in [0.717, 1.165) is 60.2 Å². The summed E-state index contributed by atoms with van der Waals surface area (Å²) in [6.45, 7) is 9.75. The molecule has 1 unspecified atom stereocenters. The Labute approximate surface area is 154 Å². The van der Waals surface area contributed by atoms with Crippen LogP contribution in [0.3, 0.4) is 0 Å². The van der Waals surface area contributed by atoms with Crippen LogP contribution in [0.5, 0.6) is 0 Å². The maximum atomic E-state index is 13.4. The zero-order chi connectivity index (χ0) is 18.6. The first-order valence-corrected chi connectivity index (χ1v) is 9.71. The third-order valence-corrected chi connectivity index (χ3v) is 5.44. The van der Waals surface area contributed by atoms with Crippen molar-refractivity contribution in [2.75, 3.05) is 13.1 Å². The van der Waals surface area contributed by atoms with Crippen LogP contribution in [0.15, 0.2) is 6.07 Å². The molecule has 2 aliphatic rings. The van der Waals surface area contributed by atoms with E-state index in [9.17, 15) is 4.79 Å². The second-order valence-corrected chi connectivity index (χ2v) is 8.89. The van der Waals surface area contributed by atoms with Gasteiger partial charge >= 0.3 is 0 Å². The maximum Gasteiger partial charge on any atom is 0.254 e. The van der Waals surface area contributed by atoms with Crippen molar-refractivity contribution in [1.82, 2.24) is 19.7 Å². The van der Waals surface area contributed by atoms with Crippen molar-refractivity contribution >= 4 is 16.9 Å². The van der Waals surface area contributed by atoms with Gasteiger partial charge in [0.25, 0.3) is 5.91 Å². The Morgan fingerprint density at radius 2 is 2.00 bits per heavy atom. The molecule has 2 aromatic heterocycles. The number of pyridine rings is 1. The Morgan fingerprint density at radius 1 is 1.27 bits per heavy atom. The molecule has 1 saturated carbocycles. The van der Waals surface area contributed by atoms with Crippen molar-refractivity contribution in [2.24, 2.45) is 5.73 Å². The second-order valence-electron chi connectivity index (χ2n) is 8.89. The lowest BCUT2D eigenvalue weighted by molar-refractivity contribution is 0.0710. The van der Waals surface area contributed by atoms with E-state index in [1.807, 2.05) is 22.6 Å². The molecule has 26 heavy (non-hydrogen) atoms. The Kier molecular flexibility index (Phi) is 4.06. The van der Waals surface area contributed by atoms with Crippen molar-refractivity contribution in [3.05, 3.63) is 23.0 Å². The molecule has 0 radical (unpaired) electrons. The molecule has 1 aliphatic carbocycles. The number of aromatic nitrogens is 3. The lowest BCUT2D eigenvalue weighted by atomic mass is 10.0. The number of hydrogen-bond acceptors (Lipinski definition) is 4. The topological polar surface area (TPSA) is 77.0 Å². The Bertz CT molecular complexity index is 859. The minimum Gasteiger partial charge on any atom is -0.337 e. The summed E-state index contributed by atoms with van der Waals surface area (Å²) in [5.74, 6) is 0.559. The number of piperidine rings is 1. The van der Waals surface area contributed by atoms with Gasteiger partial charge in [0.1, 0.15) is 0 Å². The molecule has 1 saturated heterocycles. The van der Waals surface area contributed by atoms with Gasteiger partial charge in [-0.15, -0.1) is 0 Å². The van der Waals surface area contributed by atoms with E-state index in [1.165, 1.54) is 0 Å². The zero-order valence-electron chi connectivity index (χ0n) is 16.2. The van der Waals surface area contributed by atoms with E-state index in [0.29, 0.717) is 12.5 Å². The molecule has 0 aromatic carbocycles. The van der Waals surface area contributed by atoms with Gasteiger partial charge in [-0.05, 0) is 59.4 Å². The van der Waals surface area contributed by atoms with Gasteiger partial charge in [-0.2, -0.15) is 5.10 Å². The number of fused-ring (bicyclic) bond motifs is 1. The molecule has 140 valence electrons. The first-order chi connectivity index (χ1) is 12.3. The molecule has 2 aromatic rings. The highest BCUT2D eigenvalue weighted by atomic mass is 16.2. The van der Waals surface area contributed by atoms with E-state index in [-0.39, 0.29) is 17.5 Å². The van der Waals surface area contributed by atoms with Gasteiger partial charge in [-0.3, -0.25) is 4.79 Å². The lowest BCUT2D eigenvalue weighted by Crippen LogP contribution is -2.45. The molecule has 4 rings (SSSR count). The van der Waals surface area contributed by atoms with Gasteiger partial charge in [0.05, 0.1) is 22.2 Å². The molecule has 3 heterocycles. The van der Waals surface area contributed by atoms with Crippen LogP contribution in [0, 0.1) is 6.92 Å². The van der Waals surface area contributed by atoms with Crippen molar-refractivity contribution in [3.8, 4) is 0 Å². The van der Waals surface area contributed by atoms with Crippen LogP contribution in [0.4, 0.5) is 0 Å². The number of nitrogens with two attached hydrogens (primary N) is 1. The SMILES string of the molecule is Cc1nn(C(C)(C)C)c2nc(C3CC3)cc(C(=O)N3CCCC(N)C3)c12. The normalized spacial score (nSPS) is 21.4. The lowest BCUT2D eigenvalue weighted by Gasteiger charge is -2.31. The van der Waals surface area contributed by atoms with Crippen LogP contribution >= 0.6 is 0 Å². The molecule has 2 N–H and O–H groups in total. The molecule has 1 aliphatic heterocycles. The summed E-state index contributed by atoms with van der Waals surface area (Å²) >= 11 is 0. The van der Waals surface area contributed by atoms with Gasteiger partial charge in [0, 0.05) is 30.7 Å². The van der Waals surface area contributed by atoms with Crippen molar-refractivity contribution in [1.29, 1.82) is 0 Å². The van der Waals surface area contributed by atoms with Gasteiger partial charge in [0.2, 0.25) is 0 Å². The van der Waals surface area contributed by atoms with Crippen LogP contribution in [-0.4, -0.2) is 44.7 Å². The van der Waals surface area contributed by atoms with E-state index in [4.69, 9.17) is 15.8 Å². The number of carbonyl (C=O) groups excluding carboxylic acids is 1. The zero-order valence-corrected chi connectivity index (χ0v) is 16.2. The Morgan fingerprint density at radius 3 is 2.62 bits per heavy atom.